The van der Waals surface area contributed by atoms with Crippen LogP contribution in [0.5, 0.6) is 0 Å². The van der Waals surface area contributed by atoms with Gasteiger partial charge in [-0.05, 0) is 54.5 Å². The van der Waals surface area contributed by atoms with Crippen molar-refractivity contribution in [3.05, 3.63) is 58.9 Å². The van der Waals surface area contributed by atoms with Gasteiger partial charge in [0.05, 0.1) is 23.7 Å². The van der Waals surface area contributed by atoms with Crippen LogP contribution in [0.3, 0.4) is 0 Å². The first-order valence-corrected chi connectivity index (χ1v) is 11.3. The molecule has 1 unspecified atom stereocenters. The first-order chi connectivity index (χ1) is 14.7. The van der Waals surface area contributed by atoms with E-state index in [1.54, 1.807) is 6.07 Å². The number of esters is 1. The maximum absolute atomic E-state index is 14.9. The summed E-state index contributed by atoms with van der Waals surface area (Å²) in [5, 5.41) is 0.879. The molecule has 2 aliphatic carbocycles. The highest BCUT2D eigenvalue weighted by Gasteiger charge is 2.58. The third-order valence-electron chi connectivity index (χ3n) is 8.02. The molecular formula is C27H30FNO2. The van der Waals surface area contributed by atoms with Crippen LogP contribution in [-0.2, 0) is 14.9 Å². The van der Waals surface area contributed by atoms with Gasteiger partial charge in [0.2, 0.25) is 0 Å². The zero-order chi connectivity index (χ0) is 22.1. The van der Waals surface area contributed by atoms with E-state index in [0.717, 1.165) is 41.5 Å². The van der Waals surface area contributed by atoms with E-state index in [9.17, 15) is 9.18 Å². The number of carbonyl (C=O) groups is 1. The molecule has 2 aromatic carbocycles. The van der Waals surface area contributed by atoms with Crippen LogP contribution in [0.25, 0.3) is 22.2 Å². The summed E-state index contributed by atoms with van der Waals surface area (Å²) < 4.78 is 20.2. The number of hydrogen-bond donors (Lipinski definition) is 1. The van der Waals surface area contributed by atoms with Gasteiger partial charge in [0.1, 0.15) is 5.82 Å². The highest BCUT2D eigenvalue weighted by molar-refractivity contribution is 5.96. The Labute approximate surface area is 183 Å². The van der Waals surface area contributed by atoms with Gasteiger partial charge >= 0.3 is 5.97 Å². The maximum atomic E-state index is 14.9. The van der Waals surface area contributed by atoms with Gasteiger partial charge in [0.25, 0.3) is 0 Å². The average molecular weight is 420 g/mol. The largest absolute Gasteiger partial charge is 0.469 e. The number of nitrogens with one attached hydrogen (secondary N) is 1. The highest BCUT2D eigenvalue weighted by Crippen LogP contribution is 2.64. The number of methoxy groups -OCH3 is 1. The SMILES string of the molecule is COC(=O)[C@]1(C)CCC[C@]2(C)c3ccc(C(C)C)cc3-c3[nH]c4c(F)cccc4c3C12. The Morgan fingerprint density at radius 3 is 2.68 bits per heavy atom. The van der Waals surface area contributed by atoms with E-state index in [0.29, 0.717) is 11.4 Å². The van der Waals surface area contributed by atoms with E-state index in [-0.39, 0.29) is 23.1 Å². The molecule has 3 aromatic rings. The highest BCUT2D eigenvalue weighted by atomic mass is 19.1. The zero-order valence-electron chi connectivity index (χ0n) is 18.9. The third-order valence-corrected chi connectivity index (χ3v) is 8.02. The van der Waals surface area contributed by atoms with E-state index >= 15 is 0 Å². The van der Waals surface area contributed by atoms with Crippen LogP contribution in [0.2, 0.25) is 0 Å². The number of fused-ring (bicyclic) bond motifs is 8. The summed E-state index contributed by atoms with van der Waals surface area (Å²) >= 11 is 0. The molecule has 1 saturated carbocycles. The van der Waals surface area contributed by atoms with Crippen LogP contribution < -0.4 is 0 Å². The first kappa shape index (κ1) is 20.3. The number of ether oxygens (including phenoxy) is 1. The van der Waals surface area contributed by atoms with E-state index in [2.05, 4.69) is 44.0 Å². The van der Waals surface area contributed by atoms with Crippen LogP contribution in [0.1, 0.15) is 75.5 Å². The summed E-state index contributed by atoms with van der Waals surface area (Å²) in [6, 6.07) is 12.0. The second-order valence-corrected chi connectivity index (χ2v) is 10.1. The molecule has 0 bridgehead atoms. The lowest BCUT2D eigenvalue weighted by Crippen LogP contribution is -2.50. The normalized spacial score (nSPS) is 27.0. The Balaban J connectivity index is 1.91. The molecule has 1 fully saturated rings. The predicted octanol–water partition coefficient (Wildman–Crippen LogP) is 6.82. The minimum atomic E-state index is -0.674. The number of benzene rings is 2. The molecule has 3 nitrogen and oxygen atoms in total. The van der Waals surface area contributed by atoms with Crippen molar-refractivity contribution in [3.63, 3.8) is 0 Å². The summed E-state index contributed by atoms with van der Waals surface area (Å²) in [4.78, 5) is 16.6. The van der Waals surface area contributed by atoms with E-state index in [1.807, 2.05) is 13.0 Å². The van der Waals surface area contributed by atoms with Gasteiger partial charge in [0, 0.05) is 22.3 Å². The fourth-order valence-electron chi connectivity index (χ4n) is 6.54. The van der Waals surface area contributed by atoms with Crippen LogP contribution >= 0.6 is 0 Å². The van der Waals surface area contributed by atoms with Crippen molar-refractivity contribution in [1.82, 2.24) is 4.98 Å². The summed E-state index contributed by atoms with van der Waals surface area (Å²) in [7, 11) is 1.47. The van der Waals surface area contributed by atoms with Crippen molar-refractivity contribution < 1.29 is 13.9 Å². The molecule has 5 rings (SSSR count). The van der Waals surface area contributed by atoms with Crippen LogP contribution in [0.15, 0.2) is 36.4 Å². The number of hydrogen-bond acceptors (Lipinski definition) is 2. The smallest absolute Gasteiger partial charge is 0.312 e. The standard InChI is InChI=1S/C27H30FNO2/c1-15(2)16-10-11-19-18(14-16)23-21(17-8-6-9-20(28)22(17)29-23)24-26(19,3)12-7-13-27(24,4)25(30)31-5/h6,8-11,14-15,24,29H,7,12-13H2,1-5H3/t24?,26-,27-/m1/s1. The van der Waals surface area contributed by atoms with E-state index < -0.39 is 5.41 Å². The molecule has 0 saturated heterocycles. The number of carbonyl (C=O) groups excluding carboxylic acids is 1. The molecule has 2 aliphatic rings. The second-order valence-electron chi connectivity index (χ2n) is 10.1. The molecule has 0 spiro atoms. The van der Waals surface area contributed by atoms with Crippen molar-refractivity contribution in [1.29, 1.82) is 0 Å². The lowest BCUT2D eigenvalue weighted by Gasteiger charge is -2.54. The number of halogens is 1. The van der Waals surface area contributed by atoms with Gasteiger partial charge in [-0.1, -0.05) is 51.5 Å². The Morgan fingerprint density at radius 1 is 1.19 bits per heavy atom. The number of aromatic amines is 1. The fraction of sp³-hybridized carbons (Fsp3) is 0.444. The monoisotopic (exact) mass is 419 g/mol. The number of aromatic nitrogens is 1. The minimum Gasteiger partial charge on any atom is -0.469 e. The molecule has 0 amide bonds. The quantitative estimate of drug-likeness (QED) is 0.463. The Hall–Kier alpha value is -2.62. The van der Waals surface area contributed by atoms with Crippen molar-refractivity contribution in [2.75, 3.05) is 7.11 Å². The first-order valence-electron chi connectivity index (χ1n) is 11.3. The van der Waals surface area contributed by atoms with Crippen molar-refractivity contribution >= 4 is 16.9 Å². The summed E-state index contributed by atoms with van der Waals surface area (Å²) in [5.74, 6) is -0.135. The van der Waals surface area contributed by atoms with Gasteiger partial charge in [-0.15, -0.1) is 0 Å². The molecule has 31 heavy (non-hydrogen) atoms. The molecule has 1 N–H and O–H groups in total. The molecule has 1 aromatic heterocycles. The molecule has 4 heteroatoms. The summed E-state index contributed by atoms with van der Waals surface area (Å²) in [6.45, 7) is 8.70. The molecule has 3 atom stereocenters. The second kappa shape index (κ2) is 6.69. The number of para-hydroxylation sites is 1. The van der Waals surface area contributed by atoms with E-state index in [4.69, 9.17) is 4.74 Å². The Kier molecular flexibility index (Phi) is 4.38. The van der Waals surface area contributed by atoms with Crippen molar-refractivity contribution in [3.8, 4) is 11.3 Å². The summed E-state index contributed by atoms with van der Waals surface area (Å²) in [6.07, 6.45) is 2.70. The topological polar surface area (TPSA) is 42.1 Å². The van der Waals surface area contributed by atoms with Crippen LogP contribution in [0.4, 0.5) is 4.39 Å². The lowest BCUT2D eigenvalue weighted by molar-refractivity contribution is -0.157. The number of rotatable bonds is 2. The molecule has 162 valence electrons. The maximum Gasteiger partial charge on any atom is 0.312 e. The molecule has 0 radical (unpaired) electrons. The third kappa shape index (κ3) is 2.60. The fourth-order valence-corrected chi connectivity index (χ4v) is 6.54. The van der Waals surface area contributed by atoms with Gasteiger partial charge in [-0.3, -0.25) is 4.79 Å². The zero-order valence-corrected chi connectivity index (χ0v) is 18.9. The Bertz CT molecular complexity index is 1210. The lowest BCUT2D eigenvalue weighted by atomic mass is 9.49. The van der Waals surface area contributed by atoms with Gasteiger partial charge in [-0.25, -0.2) is 4.39 Å². The van der Waals surface area contributed by atoms with Crippen molar-refractivity contribution in [2.24, 2.45) is 5.41 Å². The number of H-pyrrole nitrogens is 1. The summed E-state index contributed by atoms with van der Waals surface area (Å²) in [5.41, 5.74) is 5.29. The van der Waals surface area contributed by atoms with Crippen LogP contribution in [0, 0.1) is 11.2 Å². The molecular weight excluding hydrogens is 389 g/mol. The average Bonchev–Trinajstić information content (AvgIpc) is 3.13. The van der Waals surface area contributed by atoms with Crippen LogP contribution in [-0.4, -0.2) is 18.1 Å². The van der Waals surface area contributed by atoms with Gasteiger partial charge in [-0.2, -0.15) is 0 Å². The van der Waals surface area contributed by atoms with Gasteiger partial charge < -0.3 is 9.72 Å². The van der Waals surface area contributed by atoms with Crippen molar-refractivity contribution in [2.45, 2.75) is 64.2 Å². The van der Waals surface area contributed by atoms with Gasteiger partial charge in [0.15, 0.2) is 0 Å². The minimum absolute atomic E-state index is 0.0934. The molecule has 0 aliphatic heterocycles. The predicted molar refractivity (Wildman–Crippen MR) is 122 cm³/mol. The van der Waals surface area contributed by atoms with E-state index in [1.165, 1.54) is 24.3 Å². The molecule has 1 heterocycles. The Morgan fingerprint density at radius 2 is 1.97 bits per heavy atom.